The van der Waals surface area contributed by atoms with Gasteiger partial charge in [-0.1, -0.05) is 24.3 Å². The predicted octanol–water partition coefficient (Wildman–Crippen LogP) is 5.50. The van der Waals surface area contributed by atoms with E-state index in [9.17, 15) is 9.59 Å². The number of nitrogens with one attached hydrogen (secondary N) is 1. The van der Waals surface area contributed by atoms with Crippen LogP contribution in [0.3, 0.4) is 0 Å². The Labute approximate surface area is 199 Å². The largest absolute Gasteiger partial charge is 0.497 e. The van der Waals surface area contributed by atoms with Gasteiger partial charge in [-0.05, 0) is 80.8 Å². The molecule has 174 valence electrons. The number of carbonyl (C=O) groups excluding carboxylic acids is 2. The van der Waals surface area contributed by atoms with Crippen molar-refractivity contribution < 1.29 is 19.1 Å². The minimum Gasteiger partial charge on any atom is -0.497 e. The normalized spacial score (nSPS) is 13.6. The second-order valence-corrected chi connectivity index (χ2v) is 8.51. The van der Waals surface area contributed by atoms with E-state index in [1.165, 1.54) is 4.90 Å². The number of imide groups is 1. The topological polar surface area (TPSA) is 67.9 Å². The van der Waals surface area contributed by atoms with Gasteiger partial charge in [0.2, 0.25) is 0 Å². The molecule has 3 aromatic carbocycles. The lowest BCUT2D eigenvalue weighted by molar-refractivity contribution is -0.120. The van der Waals surface area contributed by atoms with E-state index in [1.807, 2.05) is 70.2 Å². The van der Waals surface area contributed by atoms with Gasteiger partial charge in [-0.2, -0.15) is 0 Å². The summed E-state index contributed by atoms with van der Waals surface area (Å²) in [6.07, 6.45) is 0.0587. The lowest BCUT2D eigenvalue weighted by Crippen LogP contribution is -2.32. The van der Waals surface area contributed by atoms with Crippen LogP contribution in [0.5, 0.6) is 11.5 Å². The van der Waals surface area contributed by atoms with Crippen LogP contribution < -0.4 is 19.7 Å². The van der Waals surface area contributed by atoms with Crippen molar-refractivity contribution in [3.8, 4) is 11.5 Å². The Bertz CT molecular complexity index is 1280. The van der Waals surface area contributed by atoms with Crippen molar-refractivity contribution in [1.82, 2.24) is 0 Å². The van der Waals surface area contributed by atoms with Crippen LogP contribution in [0.4, 0.5) is 11.4 Å². The molecule has 0 radical (unpaired) electrons. The average Bonchev–Trinajstić information content (AvgIpc) is 3.06. The first-order valence-corrected chi connectivity index (χ1v) is 11.2. The number of carbonyl (C=O) groups is 2. The maximum absolute atomic E-state index is 13.6. The van der Waals surface area contributed by atoms with Crippen LogP contribution in [0.15, 0.2) is 72.4 Å². The van der Waals surface area contributed by atoms with E-state index in [-0.39, 0.29) is 17.7 Å². The summed E-state index contributed by atoms with van der Waals surface area (Å²) in [5, 5.41) is 3.19. The zero-order chi connectivity index (χ0) is 24.4. The molecule has 1 heterocycles. The molecule has 1 aliphatic rings. The summed E-state index contributed by atoms with van der Waals surface area (Å²) in [5.41, 5.74) is 4.54. The van der Waals surface area contributed by atoms with Crippen LogP contribution in [0.1, 0.15) is 30.5 Å². The van der Waals surface area contributed by atoms with Crippen molar-refractivity contribution in [2.24, 2.45) is 0 Å². The van der Waals surface area contributed by atoms with E-state index in [2.05, 4.69) is 5.32 Å². The van der Waals surface area contributed by atoms with Gasteiger partial charge in [-0.15, -0.1) is 0 Å². The van der Waals surface area contributed by atoms with Gasteiger partial charge in [0.05, 0.1) is 24.5 Å². The van der Waals surface area contributed by atoms with Crippen molar-refractivity contribution in [3.05, 3.63) is 89.1 Å². The Balaban J connectivity index is 1.77. The Morgan fingerprint density at radius 1 is 0.824 bits per heavy atom. The molecule has 0 spiro atoms. The number of aryl methyl sites for hydroxylation is 2. The third kappa shape index (κ3) is 4.53. The molecule has 0 fully saturated rings. The molecule has 6 nitrogen and oxygen atoms in total. The Kier molecular flexibility index (Phi) is 6.41. The Hall–Kier alpha value is -4.06. The Morgan fingerprint density at radius 2 is 1.56 bits per heavy atom. The molecule has 3 aromatic rings. The summed E-state index contributed by atoms with van der Waals surface area (Å²) in [6.45, 7) is 7.92. The lowest BCUT2D eigenvalue weighted by Gasteiger charge is -2.16. The minimum absolute atomic E-state index is 0.0587. The molecule has 0 atom stereocenters. The van der Waals surface area contributed by atoms with Crippen LogP contribution >= 0.6 is 0 Å². The van der Waals surface area contributed by atoms with Crippen molar-refractivity contribution >= 4 is 28.8 Å². The minimum atomic E-state index is -0.422. The van der Waals surface area contributed by atoms with Crippen molar-refractivity contribution in [3.63, 3.8) is 0 Å². The smallest absolute Gasteiger partial charge is 0.282 e. The van der Waals surface area contributed by atoms with Gasteiger partial charge in [-0.3, -0.25) is 9.59 Å². The molecule has 0 unspecified atom stereocenters. The lowest BCUT2D eigenvalue weighted by atomic mass is 9.99. The highest BCUT2D eigenvalue weighted by atomic mass is 16.5. The molecule has 1 aliphatic heterocycles. The molecule has 1 N–H and O–H groups in total. The second-order valence-electron chi connectivity index (χ2n) is 8.51. The molecule has 0 saturated carbocycles. The first kappa shape index (κ1) is 23.1. The molecule has 0 aliphatic carbocycles. The standard InChI is InChI=1S/C28H28N2O4/c1-17(2)34-23-13-11-21(12-14-23)29-26-25(20-10-9-18(3)19(4)15-20)27(31)30(28(26)32)22-7-6-8-24(16-22)33-5/h6-17,29H,1-5H3. The van der Waals surface area contributed by atoms with Crippen LogP contribution in [-0.2, 0) is 9.59 Å². The average molecular weight is 457 g/mol. The van der Waals surface area contributed by atoms with E-state index in [0.29, 0.717) is 28.3 Å². The number of hydrogen-bond acceptors (Lipinski definition) is 5. The summed E-state index contributed by atoms with van der Waals surface area (Å²) < 4.78 is 11.0. The van der Waals surface area contributed by atoms with Gasteiger partial charge in [0.15, 0.2) is 0 Å². The zero-order valence-electron chi connectivity index (χ0n) is 20.0. The summed E-state index contributed by atoms with van der Waals surface area (Å²) in [6, 6.07) is 20.0. The quantitative estimate of drug-likeness (QED) is 0.476. The maximum atomic E-state index is 13.6. The zero-order valence-corrected chi connectivity index (χ0v) is 20.0. The number of rotatable bonds is 7. The van der Waals surface area contributed by atoms with Gasteiger partial charge in [-0.25, -0.2) is 4.90 Å². The fourth-order valence-electron chi connectivity index (χ4n) is 3.83. The van der Waals surface area contributed by atoms with Gasteiger partial charge >= 0.3 is 0 Å². The SMILES string of the molecule is COc1cccc(N2C(=O)C(Nc3ccc(OC(C)C)cc3)=C(c3ccc(C)c(C)c3)C2=O)c1. The molecule has 0 bridgehead atoms. The molecule has 0 saturated heterocycles. The summed E-state index contributed by atoms with van der Waals surface area (Å²) in [4.78, 5) is 28.4. The predicted molar refractivity (Wildman–Crippen MR) is 134 cm³/mol. The van der Waals surface area contributed by atoms with E-state index in [0.717, 1.165) is 16.9 Å². The maximum Gasteiger partial charge on any atom is 0.282 e. The highest BCUT2D eigenvalue weighted by Crippen LogP contribution is 2.35. The first-order chi connectivity index (χ1) is 16.3. The fourth-order valence-corrected chi connectivity index (χ4v) is 3.83. The van der Waals surface area contributed by atoms with Crippen LogP contribution in [0, 0.1) is 13.8 Å². The third-order valence-corrected chi connectivity index (χ3v) is 5.69. The van der Waals surface area contributed by atoms with E-state index in [1.54, 1.807) is 31.4 Å². The van der Waals surface area contributed by atoms with E-state index < -0.39 is 5.91 Å². The Morgan fingerprint density at radius 3 is 2.21 bits per heavy atom. The van der Waals surface area contributed by atoms with Crippen molar-refractivity contribution in [1.29, 1.82) is 0 Å². The molecular formula is C28H28N2O4. The van der Waals surface area contributed by atoms with Gasteiger partial charge < -0.3 is 14.8 Å². The molecule has 4 rings (SSSR count). The first-order valence-electron chi connectivity index (χ1n) is 11.2. The van der Waals surface area contributed by atoms with E-state index in [4.69, 9.17) is 9.47 Å². The van der Waals surface area contributed by atoms with E-state index >= 15 is 0 Å². The fraction of sp³-hybridized carbons (Fsp3) is 0.214. The monoisotopic (exact) mass is 456 g/mol. The molecule has 2 amide bonds. The van der Waals surface area contributed by atoms with Crippen molar-refractivity contribution in [2.75, 3.05) is 17.3 Å². The van der Waals surface area contributed by atoms with Crippen molar-refractivity contribution in [2.45, 2.75) is 33.8 Å². The number of hydrogen-bond donors (Lipinski definition) is 1. The summed E-state index contributed by atoms with van der Waals surface area (Å²) in [5.74, 6) is 0.487. The highest BCUT2D eigenvalue weighted by Gasteiger charge is 2.40. The van der Waals surface area contributed by atoms with Gasteiger partial charge in [0.25, 0.3) is 11.8 Å². The number of anilines is 2. The van der Waals surface area contributed by atoms with Gasteiger partial charge in [0.1, 0.15) is 17.2 Å². The van der Waals surface area contributed by atoms with Crippen LogP contribution in [0.25, 0.3) is 5.57 Å². The van der Waals surface area contributed by atoms with Crippen LogP contribution in [0.2, 0.25) is 0 Å². The number of nitrogens with zero attached hydrogens (tertiary/aromatic N) is 1. The second kappa shape index (κ2) is 9.43. The molecule has 0 aromatic heterocycles. The molecular weight excluding hydrogens is 428 g/mol. The highest BCUT2D eigenvalue weighted by molar-refractivity contribution is 6.46. The van der Waals surface area contributed by atoms with Crippen LogP contribution in [-0.4, -0.2) is 25.0 Å². The summed E-state index contributed by atoms with van der Waals surface area (Å²) >= 11 is 0. The number of ether oxygens (including phenoxy) is 2. The number of amides is 2. The van der Waals surface area contributed by atoms with Gasteiger partial charge in [0, 0.05) is 11.8 Å². The molecule has 6 heteroatoms. The summed E-state index contributed by atoms with van der Waals surface area (Å²) in [7, 11) is 1.55. The number of methoxy groups -OCH3 is 1. The molecule has 34 heavy (non-hydrogen) atoms. The third-order valence-electron chi connectivity index (χ3n) is 5.69. The number of benzene rings is 3.